The number of H-pyrrole nitrogens is 1. The van der Waals surface area contributed by atoms with Crippen LogP contribution in [-0.4, -0.2) is 17.0 Å². The lowest BCUT2D eigenvalue weighted by atomic mass is 10.1. The van der Waals surface area contributed by atoms with Crippen LogP contribution in [0.1, 0.15) is 17.4 Å². The number of aromatic nitrogens is 2. The number of thiophene rings is 1. The average Bonchev–Trinajstić information content (AvgIpc) is 2.86. The summed E-state index contributed by atoms with van der Waals surface area (Å²) in [6.07, 6.45) is 4.55. The fraction of sp³-hybridized carbons (Fsp3) is 0.300. The fourth-order valence-corrected chi connectivity index (χ4v) is 2.18. The first-order valence-electron chi connectivity index (χ1n) is 4.58. The van der Waals surface area contributed by atoms with Crippen LogP contribution in [0, 0.1) is 0 Å². The highest BCUT2D eigenvalue weighted by molar-refractivity contribution is 7.07. The van der Waals surface area contributed by atoms with Crippen molar-refractivity contribution in [1.82, 2.24) is 15.3 Å². The largest absolute Gasteiger partial charge is 0.349 e. The van der Waals surface area contributed by atoms with E-state index in [4.69, 9.17) is 0 Å². The molecule has 1 unspecified atom stereocenters. The highest BCUT2D eigenvalue weighted by Gasteiger charge is 2.11. The number of aromatic amines is 1. The van der Waals surface area contributed by atoms with E-state index >= 15 is 0 Å². The Balaban J connectivity index is 2.08. The summed E-state index contributed by atoms with van der Waals surface area (Å²) in [6, 6.07) is 2.50. The lowest BCUT2D eigenvalue weighted by Gasteiger charge is -2.12. The third-order valence-electron chi connectivity index (χ3n) is 2.25. The molecular weight excluding hydrogens is 194 g/mol. The van der Waals surface area contributed by atoms with Crippen molar-refractivity contribution in [2.75, 3.05) is 7.05 Å². The van der Waals surface area contributed by atoms with Gasteiger partial charge in [0, 0.05) is 24.9 Å². The van der Waals surface area contributed by atoms with Gasteiger partial charge < -0.3 is 10.3 Å². The molecule has 0 aromatic carbocycles. The van der Waals surface area contributed by atoms with E-state index in [-0.39, 0.29) is 0 Å². The molecule has 0 fully saturated rings. The van der Waals surface area contributed by atoms with Gasteiger partial charge in [0.15, 0.2) is 0 Å². The molecular formula is C10H13N3S. The van der Waals surface area contributed by atoms with Crippen molar-refractivity contribution in [3.63, 3.8) is 0 Å². The van der Waals surface area contributed by atoms with Crippen LogP contribution in [-0.2, 0) is 6.42 Å². The molecule has 0 aliphatic carbocycles. The Morgan fingerprint density at radius 2 is 2.57 bits per heavy atom. The summed E-state index contributed by atoms with van der Waals surface area (Å²) >= 11 is 1.73. The number of rotatable bonds is 4. The van der Waals surface area contributed by atoms with E-state index in [0.29, 0.717) is 6.04 Å². The van der Waals surface area contributed by atoms with Gasteiger partial charge in [-0.2, -0.15) is 11.3 Å². The lowest BCUT2D eigenvalue weighted by Crippen LogP contribution is -2.18. The molecule has 2 N–H and O–H groups in total. The molecule has 2 rings (SSSR count). The van der Waals surface area contributed by atoms with Gasteiger partial charge >= 0.3 is 0 Å². The standard InChI is InChI=1S/C10H13N3S/c1-11-9(8-2-5-14-7-8)6-10-12-3-4-13-10/h2-5,7,9,11H,6H2,1H3,(H,12,13). The first-order chi connectivity index (χ1) is 6.90. The average molecular weight is 207 g/mol. The summed E-state index contributed by atoms with van der Waals surface area (Å²) in [5.74, 6) is 1.02. The third kappa shape index (κ3) is 2.02. The van der Waals surface area contributed by atoms with Crippen molar-refractivity contribution in [2.45, 2.75) is 12.5 Å². The first-order valence-corrected chi connectivity index (χ1v) is 5.52. The van der Waals surface area contributed by atoms with Gasteiger partial charge in [-0.1, -0.05) is 0 Å². The van der Waals surface area contributed by atoms with Crippen molar-refractivity contribution in [3.05, 3.63) is 40.6 Å². The van der Waals surface area contributed by atoms with E-state index in [0.717, 1.165) is 12.2 Å². The normalized spacial score (nSPS) is 12.9. The molecule has 2 aromatic heterocycles. The van der Waals surface area contributed by atoms with Gasteiger partial charge in [0.05, 0.1) is 0 Å². The molecule has 2 aromatic rings. The van der Waals surface area contributed by atoms with Crippen LogP contribution in [0.4, 0.5) is 0 Å². The molecule has 1 atom stereocenters. The maximum absolute atomic E-state index is 4.22. The molecule has 2 heterocycles. The second kappa shape index (κ2) is 4.39. The summed E-state index contributed by atoms with van der Waals surface area (Å²) in [7, 11) is 1.98. The molecule has 0 aliphatic rings. The summed E-state index contributed by atoms with van der Waals surface area (Å²) < 4.78 is 0. The van der Waals surface area contributed by atoms with E-state index in [1.165, 1.54) is 5.56 Å². The van der Waals surface area contributed by atoms with Crippen molar-refractivity contribution >= 4 is 11.3 Å². The summed E-state index contributed by atoms with van der Waals surface area (Å²) in [6.45, 7) is 0. The van der Waals surface area contributed by atoms with Gasteiger partial charge in [0.2, 0.25) is 0 Å². The van der Waals surface area contributed by atoms with E-state index in [1.54, 1.807) is 17.5 Å². The Labute approximate surface area is 87.2 Å². The highest BCUT2D eigenvalue weighted by Crippen LogP contribution is 2.18. The van der Waals surface area contributed by atoms with E-state index < -0.39 is 0 Å². The Morgan fingerprint density at radius 3 is 3.14 bits per heavy atom. The first kappa shape index (κ1) is 9.43. The van der Waals surface area contributed by atoms with Crippen LogP contribution < -0.4 is 5.32 Å². The molecule has 0 spiro atoms. The zero-order valence-corrected chi connectivity index (χ0v) is 8.84. The predicted molar refractivity (Wildman–Crippen MR) is 58.4 cm³/mol. The quantitative estimate of drug-likeness (QED) is 0.804. The minimum absolute atomic E-state index is 0.354. The minimum atomic E-state index is 0.354. The SMILES string of the molecule is CNC(Cc1ncc[nH]1)c1ccsc1. The Kier molecular flexibility index (Phi) is 2.96. The molecule has 3 nitrogen and oxygen atoms in total. The molecule has 4 heteroatoms. The maximum atomic E-state index is 4.22. The van der Waals surface area contributed by atoms with Crippen molar-refractivity contribution in [1.29, 1.82) is 0 Å². The zero-order valence-electron chi connectivity index (χ0n) is 8.03. The van der Waals surface area contributed by atoms with Crippen LogP contribution in [0.25, 0.3) is 0 Å². The Morgan fingerprint density at radius 1 is 1.64 bits per heavy atom. The predicted octanol–water partition coefficient (Wildman–Crippen LogP) is 1.97. The topological polar surface area (TPSA) is 40.7 Å². The maximum Gasteiger partial charge on any atom is 0.107 e. The van der Waals surface area contributed by atoms with Crippen LogP contribution in [0.5, 0.6) is 0 Å². The summed E-state index contributed by atoms with van der Waals surface area (Å²) in [5.41, 5.74) is 1.33. The molecule has 0 bridgehead atoms. The third-order valence-corrected chi connectivity index (χ3v) is 2.95. The zero-order chi connectivity index (χ0) is 9.80. The lowest BCUT2D eigenvalue weighted by molar-refractivity contribution is 0.580. The molecule has 74 valence electrons. The van der Waals surface area contributed by atoms with Gasteiger partial charge in [0.25, 0.3) is 0 Å². The van der Waals surface area contributed by atoms with Crippen molar-refractivity contribution < 1.29 is 0 Å². The molecule has 0 radical (unpaired) electrons. The van der Waals surface area contributed by atoms with E-state index in [9.17, 15) is 0 Å². The number of hydrogen-bond donors (Lipinski definition) is 2. The molecule has 0 amide bonds. The van der Waals surface area contributed by atoms with E-state index in [2.05, 4.69) is 32.1 Å². The van der Waals surface area contributed by atoms with Crippen molar-refractivity contribution in [3.8, 4) is 0 Å². The summed E-state index contributed by atoms with van der Waals surface area (Å²) in [4.78, 5) is 7.34. The van der Waals surface area contributed by atoms with Crippen molar-refractivity contribution in [2.24, 2.45) is 0 Å². The van der Waals surface area contributed by atoms with Gasteiger partial charge in [-0.25, -0.2) is 4.98 Å². The van der Waals surface area contributed by atoms with Crippen LogP contribution in [0.15, 0.2) is 29.2 Å². The fourth-order valence-electron chi connectivity index (χ4n) is 1.46. The number of hydrogen-bond acceptors (Lipinski definition) is 3. The van der Waals surface area contributed by atoms with Gasteiger partial charge in [-0.15, -0.1) is 0 Å². The van der Waals surface area contributed by atoms with Crippen LogP contribution in [0.3, 0.4) is 0 Å². The van der Waals surface area contributed by atoms with Gasteiger partial charge in [-0.05, 0) is 29.4 Å². The number of nitrogens with one attached hydrogen (secondary N) is 2. The number of imidazole rings is 1. The minimum Gasteiger partial charge on any atom is -0.349 e. The molecule has 0 saturated heterocycles. The smallest absolute Gasteiger partial charge is 0.107 e. The monoisotopic (exact) mass is 207 g/mol. The van der Waals surface area contributed by atoms with Gasteiger partial charge in [0.1, 0.15) is 5.82 Å². The molecule has 14 heavy (non-hydrogen) atoms. The second-order valence-electron chi connectivity index (χ2n) is 3.14. The highest BCUT2D eigenvalue weighted by atomic mass is 32.1. The summed E-state index contributed by atoms with van der Waals surface area (Å²) in [5, 5.41) is 7.56. The number of likely N-dealkylation sites (N-methyl/N-ethyl adjacent to an activating group) is 1. The van der Waals surface area contributed by atoms with Gasteiger partial charge in [-0.3, -0.25) is 0 Å². The second-order valence-corrected chi connectivity index (χ2v) is 3.92. The Bertz CT molecular complexity index is 353. The molecule has 0 saturated carbocycles. The number of nitrogens with zero attached hydrogens (tertiary/aromatic N) is 1. The van der Waals surface area contributed by atoms with E-state index in [1.807, 2.05) is 13.2 Å². The van der Waals surface area contributed by atoms with Crippen LogP contribution in [0.2, 0.25) is 0 Å². The Hall–Kier alpha value is -1.13. The molecule has 0 aliphatic heterocycles. The van der Waals surface area contributed by atoms with Crippen LogP contribution >= 0.6 is 11.3 Å².